The predicted molar refractivity (Wildman–Crippen MR) is 84.5 cm³/mol. The van der Waals surface area contributed by atoms with Crippen LogP contribution in [0.2, 0.25) is 0 Å². The van der Waals surface area contributed by atoms with Crippen LogP contribution in [-0.2, 0) is 0 Å². The van der Waals surface area contributed by atoms with Crippen LogP contribution in [-0.4, -0.2) is 42.0 Å². The molecule has 1 aliphatic rings. The number of piperidine rings is 1. The van der Waals surface area contributed by atoms with Crippen LogP contribution in [0, 0.1) is 6.92 Å². The van der Waals surface area contributed by atoms with E-state index in [-0.39, 0.29) is 5.91 Å². The fourth-order valence-electron chi connectivity index (χ4n) is 2.97. The largest absolute Gasteiger partial charge is 0.339 e. The zero-order valence-corrected chi connectivity index (χ0v) is 12.6. The van der Waals surface area contributed by atoms with Crippen molar-refractivity contribution in [1.29, 1.82) is 0 Å². The fourth-order valence-corrected chi connectivity index (χ4v) is 2.97. The van der Waals surface area contributed by atoms with Crippen molar-refractivity contribution in [3.63, 3.8) is 0 Å². The van der Waals surface area contributed by atoms with Crippen LogP contribution >= 0.6 is 0 Å². The summed E-state index contributed by atoms with van der Waals surface area (Å²) >= 11 is 0. The van der Waals surface area contributed by atoms with Crippen molar-refractivity contribution in [2.75, 3.05) is 20.1 Å². The van der Waals surface area contributed by atoms with Gasteiger partial charge in [0.05, 0.1) is 11.1 Å². The van der Waals surface area contributed by atoms with Crippen molar-refractivity contribution in [2.24, 2.45) is 0 Å². The summed E-state index contributed by atoms with van der Waals surface area (Å²) in [5.74, 6) is 0.0746. The highest BCUT2D eigenvalue weighted by Crippen LogP contribution is 2.21. The summed E-state index contributed by atoms with van der Waals surface area (Å²) in [5.41, 5.74) is 2.45. The number of rotatable bonds is 2. The standard InChI is InChI=1S/C17H21N3O/c1-12-6-7-13-4-3-5-15(16(13)19-12)17(21)20(2)14-8-10-18-11-9-14/h3-7,14,18H,8-11H2,1-2H3. The van der Waals surface area contributed by atoms with Gasteiger partial charge in [0.25, 0.3) is 5.91 Å². The quantitative estimate of drug-likeness (QED) is 0.920. The van der Waals surface area contributed by atoms with E-state index in [1.54, 1.807) is 0 Å². The van der Waals surface area contributed by atoms with Gasteiger partial charge >= 0.3 is 0 Å². The second-order valence-electron chi connectivity index (χ2n) is 5.73. The van der Waals surface area contributed by atoms with Gasteiger partial charge in [-0.05, 0) is 45.0 Å². The van der Waals surface area contributed by atoms with Gasteiger partial charge < -0.3 is 10.2 Å². The molecular weight excluding hydrogens is 262 g/mol. The lowest BCUT2D eigenvalue weighted by molar-refractivity contribution is 0.0705. The van der Waals surface area contributed by atoms with Gasteiger partial charge in [-0.15, -0.1) is 0 Å². The van der Waals surface area contributed by atoms with Crippen molar-refractivity contribution < 1.29 is 4.79 Å². The number of fused-ring (bicyclic) bond motifs is 1. The number of carbonyl (C=O) groups is 1. The molecule has 0 aliphatic carbocycles. The maximum absolute atomic E-state index is 12.8. The molecule has 0 spiro atoms. The van der Waals surface area contributed by atoms with Gasteiger partial charge in [-0.25, -0.2) is 0 Å². The molecule has 1 saturated heterocycles. The lowest BCUT2D eigenvalue weighted by atomic mass is 10.0. The van der Waals surface area contributed by atoms with Crippen molar-refractivity contribution in [2.45, 2.75) is 25.8 Å². The molecule has 4 heteroatoms. The van der Waals surface area contributed by atoms with Crippen molar-refractivity contribution in [3.8, 4) is 0 Å². The number of carbonyl (C=O) groups excluding carboxylic acids is 1. The molecule has 1 amide bonds. The summed E-state index contributed by atoms with van der Waals surface area (Å²) < 4.78 is 0. The van der Waals surface area contributed by atoms with E-state index in [0.717, 1.165) is 42.5 Å². The van der Waals surface area contributed by atoms with Gasteiger partial charge in [0, 0.05) is 24.2 Å². The zero-order chi connectivity index (χ0) is 14.8. The molecule has 1 N–H and O–H groups in total. The van der Waals surface area contributed by atoms with E-state index in [1.807, 2.05) is 49.2 Å². The zero-order valence-electron chi connectivity index (χ0n) is 12.6. The second kappa shape index (κ2) is 5.82. The van der Waals surface area contributed by atoms with Crippen LogP contribution in [0.5, 0.6) is 0 Å². The number of pyridine rings is 1. The Morgan fingerprint density at radius 1 is 1.24 bits per heavy atom. The number of para-hydroxylation sites is 1. The summed E-state index contributed by atoms with van der Waals surface area (Å²) in [6, 6.07) is 10.1. The Balaban J connectivity index is 1.95. The predicted octanol–water partition coefficient (Wildman–Crippen LogP) is 2.37. The Labute approximate surface area is 125 Å². The SMILES string of the molecule is Cc1ccc2cccc(C(=O)N(C)C3CCNCC3)c2n1. The molecule has 4 nitrogen and oxygen atoms in total. The van der Waals surface area contributed by atoms with E-state index in [4.69, 9.17) is 0 Å². The molecule has 1 fully saturated rings. The highest BCUT2D eigenvalue weighted by atomic mass is 16.2. The van der Waals surface area contributed by atoms with E-state index < -0.39 is 0 Å². The first-order chi connectivity index (χ1) is 10.2. The summed E-state index contributed by atoms with van der Waals surface area (Å²) in [6.07, 6.45) is 2.03. The summed E-state index contributed by atoms with van der Waals surface area (Å²) in [4.78, 5) is 19.3. The van der Waals surface area contributed by atoms with Crippen LogP contribution in [0.4, 0.5) is 0 Å². The second-order valence-corrected chi connectivity index (χ2v) is 5.73. The molecule has 21 heavy (non-hydrogen) atoms. The lowest BCUT2D eigenvalue weighted by Crippen LogP contribution is -2.44. The molecule has 110 valence electrons. The minimum atomic E-state index is 0.0746. The number of aryl methyl sites for hydroxylation is 1. The van der Waals surface area contributed by atoms with Crippen LogP contribution in [0.25, 0.3) is 10.9 Å². The maximum Gasteiger partial charge on any atom is 0.256 e. The Kier molecular flexibility index (Phi) is 3.88. The van der Waals surface area contributed by atoms with E-state index in [0.29, 0.717) is 11.6 Å². The van der Waals surface area contributed by atoms with Crippen molar-refractivity contribution >= 4 is 16.8 Å². The molecule has 1 aromatic heterocycles. The number of nitrogens with zero attached hydrogens (tertiary/aromatic N) is 2. The summed E-state index contributed by atoms with van der Waals surface area (Å²) in [5, 5.41) is 4.35. The normalized spacial score (nSPS) is 16.1. The van der Waals surface area contributed by atoms with Crippen LogP contribution in [0.15, 0.2) is 30.3 Å². The molecule has 2 heterocycles. The molecule has 2 aromatic rings. The van der Waals surface area contributed by atoms with Crippen LogP contribution in [0.3, 0.4) is 0 Å². The highest BCUT2D eigenvalue weighted by molar-refractivity contribution is 6.05. The van der Waals surface area contributed by atoms with Crippen LogP contribution < -0.4 is 5.32 Å². The smallest absolute Gasteiger partial charge is 0.256 e. The van der Waals surface area contributed by atoms with Crippen molar-refractivity contribution in [3.05, 3.63) is 41.6 Å². The van der Waals surface area contributed by atoms with E-state index in [9.17, 15) is 4.79 Å². The molecule has 3 rings (SSSR count). The third kappa shape index (κ3) is 2.76. The Morgan fingerprint density at radius 2 is 2.00 bits per heavy atom. The van der Waals surface area contributed by atoms with Gasteiger partial charge in [0.2, 0.25) is 0 Å². The molecule has 0 radical (unpaired) electrons. The topological polar surface area (TPSA) is 45.2 Å². The lowest BCUT2D eigenvalue weighted by Gasteiger charge is -2.31. The Hall–Kier alpha value is -1.94. The Morgan fingerprint density at radius 3 is 2.76 bits per heavy atom. The van der Waals surface area contributed by atoms with E-state index in [1.165, 1.54) is 0 Å². The van der Waals surface area contributed by atoms with Gasteiger partial charge in [-0.1, -0.05) is 18.2 Å². The average molecular weight is 283 g/mol. The molecular formula is C17H21N3O. The minimum Gasteiger partial charge on any atom is -0.339 e. The summed E-state index contributed by atoms with van der Waals surface area (Å²) in [7, 11) is 1.91. The third-order valence-corrected chi connectivity index (χ3v) is 4.27. The van der Waals surface area contributed by atoms with Gasteiger partial charge in [-0.3, -0.25) is 9.78 Å². The summed E-state index contributed by atoms with van der Waals surface area (Å²) in [6.45, 7) is 3.92. The minimum absolute atomic E-state index is 0.0746. The molecule has 0 bridgehead atoms. The molecule has 1 aromatic carbocycles. The van der Waals surface area contributed by atoms with E-state index in [2.05, 4.69) is 10.3 Å². The van der Waals surface area contributed by atoms with Gasteiger partial charge in [-0.2, -0.15) is 0 Å². The van der Waals surface area contributed by atoms with Gasteiger partial charge in [0.1, 0.15) is 0 Å². The molecule has 1 aliphatic heterocycles. The molecule has 0 unspecified atom stereocenters. The van der Waals surface area contributed by atoms with E-state index >= 15 is 0 Å². The first-order valence-electron chi connectivity index (χ1n) is 7.51. The number of nitrogens with one attached hydrogen (secondary N) is 1. The number of hydrogen-bond acceptors (Lipinski definition) is 3. The molecule has 0 saturated carbocycles. The maximum atomic E-state index is 12.8. The fraction of sp³-hybridized carbons (Fsp3) is 0.412. The number of hydrogen-bond donors (Lipinski definition) is 1. The number of amides is 1. The first-order valence-corrected chi connectivity index (χ1v) is 7.51. The molecule has 0 atom stereocenters. The van der Waals surface area contributed by atoms with Crippen molar-refractivity contribution in [1.82, 2.24) is 15.2 Å². The number of aromatic nitrogens is 1. The van der Waals surface area contributed by atoms with Crippen LogP contribution in [0.1, 0.15) is 28.9 Å². The Bertz CT molecular complexity index is 662. The average Bonchev–Trinajstić information content (AvgIpc) is 2.53. The first kappa shape index (κ1) is 14.0. The third-order valence-electron chi connectivity index (χ3n) is 4.27. The monoisotopic (exact) mass is 283 g/mol. The highest BCUT2D eigenvalue weighted by Gasteiger charge is 2.24. The van der Waals surface area contributed by atoms with Gasteiger partial charge in [0.15, 0.2) is 0 Å². The number of benzene rings is 1.